The van der Waals surface area contributed by atoms with Crippen LogP contribution in [0.4, 0.5) is 13.2 Å². The van der Waals surface area contributed by atoms with Crippen LogP contribution in [0.25, 0.3) is 0 Å². The quantitative estimate of drug-likeness (QED) is 0.829. The topological polar surface area (TPSA) is 93.1 Å². The highest BCUT2D eigenvalue weighted by Gasteiger charge is 2.52. The fraction of sp³-hybridized carbons (Fsp3) is 0.533. The smallest absolute Gasteiger partial charge is 0.426 e. The highest BCUT2D eigenvalue weighted by atomic mass is 32.2. The van der Waals surface area contributed by atoms with Crippen LogP contribution in [-0.2, 0) is 26.0 Å². The number of halogens is 3. The number of ether oxygens (including phenoxy) is 2. The molecular weight excluding hydrogens is 379 g/mol. The van der Waals surface area contributed by atoms with E-state index in [0.717, 1.165) is 12.1 Å². The van der Waals surface area contributed by atoms with Crippen LogP contribution in [0.2, 0.25) is 0 Å². The van der Waals surface area contributed by atoms with E-state index in [2.05, 4.69) is 0 Å². The van der Waals surface area contributed by atoms with Crippen molar-refractivity contribution in [3.05, 3.63) is 23.8 Å². The van der Waals surface area contributed by atoms with Gasteiger partial charge in [-0.25, -0.2) is 8.42 Å². The van der Waals surface area contributed by atoms with Crippen molar-refractivity contribution in [3.63, 3.8) is 0 Å². The van der Waals surface area contributed by atoms with Crippen LogP contribution in [-0.4, -0.2) is 62.4 Å². The summed E-state index contributed by atoms with van der Waals surface area (Å²) in [4.78, 5) is 11.1. The number of alkyl halides is 3. The monoisotopic (exact) mass is 395 g/mol. The first-order valence-corrected chi connectivity index (χ1v) is 9.21. The Morgan fingerprint density at radius 2 is 1.88 bits per heavy atom. The molecule has 2 atom stereocenters. The molecule has 0 aliphatic carbocycles. The number of carboxylic acids is 1. The first-order valence-electron chi connectivity index (χ1n) is 7.77. The molecule has 26 heavy (non-hydrogen) atoms. The van der Waals surface area contributed by atoms with E-state index in [0.29, 0.717) is 0 Å². The normalized spacial score (nSPS) is 24.6. The molecule has 7 nitrogen and oxygen atoms in total. The predicted molar refractivity (Wildman–Crippen MR) is 81.3 cm³/mol. The molecule has 0 amide bonds. The number of benzene rings is 1. The molecule has 0 saturated carbocycles. The van der Waals surface area contributed by atoms with Gasteiger partial charge in [-0.15, -0.1) is 0 Å². The molecule has 1 N–H and O–H groups in total. The van der Waals surface area contributed by atoms with E-state index in [9.17, 15) is 26.4 Å². The highest BCUT2D eigenvalue weighted by Crippen LogP contribution is 2.39. The van der Waals surface area contributed by atoms with Crippen LogP contribution in [0, 0.1) is 5.92 Å². The molecule has 0 unspecified atom stereocenters. The standard InChI is InChI=1S/C15H16F3NO6S/c16-15(17,18)13-11(14(20)21)8-9-7-10(1-2-12(9)25-13)26(22,23)19-3-5-24-6-4-19/h1-2,7,11,13H,3-6,8H2,(H,20,21)/t11-,13+/m1/s1. The minimum atomic E-state index is -4.85. The average Bonchev–Trinajstić information content (AvgIpc) is 2.60. The fourth-order valence-electron chi connectivity index (χ4n) is 3.00. The van der Waals surface area contributed by atoms with Gasteiger partial charge in [0.2, 0.25) is 16.1 Å². The average molecular weight is 395 g/mol. The van der Waals surface area contributed by atoms with E-state index in [1.807, 2.05) is 0 Å². The van der Waals surface area contributed by atoms with E-state index in [4.69, 9.17) is 14.6 Å². The minimum Gasteiger partial charge on any atom is -0.481 e. The van der Waals surface area contributed by atoms with Crippen molar-refractivity contribution in [2.45, 2.75) is 23.6 Å². The molecule has 0 aromatic heterocycles. The lowest BCUT2D eigenvalue weighted by molar-refractivity contribution is -0.217. The van der Waals surface area contributed by atoms with E-state index in [1.165, 1.54) is 10.4 Å². The number of fused-ring (bicyclic) bond motifs is 1. The third-order valence-electron chi connectivity index (χ3n) is 4.34. The number of carboxylic acid groups (broad SMARTS) is 1. The summed E-state index contributed by atoms with van der Waals surface area (Å²) in [7, 11) is -3.85. The van der Waals surface area contributed by atoms with Crippen molar-refractivity contribution in [1.29, 1.82) is 0 Å². The van der Waals surface area contributed by atoms with Gasteiger partial charge in [-0.05, 0) is 30.2 Å². The number of sulfonamides is 1. The van der Waals surface area contributed by atoms with E-state index < -0.39 is 40.6 Å². The summed E-state index contributed by atoms with van der Waals surface area (Å²) in [5.74, 6) is -3.66. The molecule has 1 fully saturated rings. The number of rotatable bonds is 3. The molecule has 3 rings (SSSR count). The SMILES string of the molecule is O=C(O)[C@@H]1Cc2cc(S(=O)(=O)N3CCOCC3)ccc2O[C@@H]1C(F)(F)F. The van der Waals surface area contributed by atoms with Crippen LogP contribution in [0.5, 0.6) is 5.75 Å². The number of morpholine rings is 1. The Balaban J connectivity index is 1.94. The molecule has 1 saturated heterocycles. The summed E-state index contributed by atoms with van der Waals surface area (Å²) >= 11 is 0. The lowest BCUT2D eigenvalue weighted by Gasteiger charge is -2.33. The summed E-state index contributed by atoms with van der Waals surface area (Å²) in [6.07, 6.45) is -7.80. The Morgan fingerprint density at radius 3 is 2.46 bits per heavy atom. The van der Waals surface area contributed by atoms with Gasteiger partial charge in [0.15, 0.2) is 0 Å². The number of carbonyl (C=O) groups is 1. The molecule has 0 bridgehead atoms. The fourth-order valence-corrected chi connectivity index (χ4v) is 4.46. The molecule has 1 aromatic rings. The number of aliphatic carboxylic acids is 1. The Hall–Kier alpha value is -1.85. The molecule has 1 aromatic carbocycles. The van der Waals surface area contributed by atoms with Gasteiger partial charge >= 0.3 is 12.1 Å². The Morgan fingerprint density at radius 1 is 1.23 bits per heavy atom. The Kier molecular flexibility index (Phi) is 4.88. The lowest BCUT2D eigenvalue weighted by atomic mass is 9.90. The zero-order valence-electron chi connectivity index (χ0n) is 13.4. The lowest BCUT2D eigenvalue weighted by Crippen LogP contribution is -2.47. The molecule has 11 heteroatoms. The zero-order valence-corrected chi connectivity index (χ0v) is 14.2. The predicted octanol–water partition coefficient (Wildman–Crippen LogP) is 1.27. The molecule has 144 valence electrons. The number of nitrogens with zero attached hydrogens (tertiary/aromatic N) is 1. The summed E-state index contributed by atoms with van der Waals surface area (Å²) in [6.45, 7) is 0.844. The second-order valence-corrected chi connectivity index (χ2v) is 7.95. The Bertz CT molecular complexity index is 804. The van der Waals surface area contributed by atoms with Gasteiger partial charge in [0.1, 0.15) is 11.7 Å². The van der Waals surface area contributed by atoms with E-state index >= 15 is 0 Å². The summed E-state index contributed by atoms with van der Waals surface area (Å²) in [5.41, 5.74) is 0.118. The molecule has 2 aliphatic heterocycles. The van der Waals surface area contributed by atoms with E-state index in [-0.39, 0.29) is 42.5 Å². The van der Waals surface area contributed by atoms with Crippen molar-refractivity contribution < 1.29 is 41.0 Å². The second-order valence-electron chi connectivity index (χ2n) is 6.01. The second kappa shape index (κ2) is 6.71. The van der Waals surface area contributed by atoms with Crippen molar-refractivity contribution in [2.24, 2.45) is 5.92 Å². The van der Waals surface area contributed by atoms with Crippen molar-refractivity contribution in [2.75, 3.05) is 26.3 Å². The van der Waals surface area contributed by atoms with Crippen LogP contribution in [0.1, 0.15) is 5.56 Å². The number of hydrogen-bond acceptors (Lipinski definition) is 5. The van der Waals surface area contributed by atoms with Gasteiger partial charge in [0, 0.05) is 13.1 Å². The van der Waals surface area contributed by atoms with Gasteiger partial charge in [0.25, 0.3) is 0 Å². The molecule has 2 aliphatic rings. The molecule has 0 spiro atoms. The minimum absolute atomic E-state index is 0.114. The van der Waals surface area contributed by atoms with Gasteiger partial charge in [0.05, 0.1) is 18.1 Å². The van der Waals surface area contributed by atoms with Gasteiger partial charge < -0.3 is 14.6 Å². The van der Waals surface area contributed by atoms with E-state index in [1.54, 1.807) is 0 Å². The van der Waals surface area contributed by atoms with Crippen LogP contribution >= 0.6 is 0 Å². The van der Waals surface area contributed by atoms with Gasteiger partial charge in [-0.2, -0.15) is 17.5 Å². The number of hydrogen-bond donors (Lipinski definition) is 1. The molecule has 2 heterocycles. The third-order valence-corrected chi connectivity index (χ3v) is 6.23. The maximum Gasteiger partial charge on any atom is 0.426 e. The van der Waals surface area contributed by atoms with Gasteiger partial charge in [-0.3, -0.25) is 4.79 Å². The third kappa shape index (κ3) is 3.51. The summed E-state index contributed by atoms with van der Waals surface area (Å²) in [5, 5.41) is 9.11. The van der Waals surface area contributed by atoms with Crippen molar-refractivity contribution in [1.82, 2.24) is 4.31 Å². The van der Waals surface area contributed by atoms with Gasteiger partial charge in [-0.1, -0.05) is 0 Å². The first kappa shape index (κ1) is 18.9. The zero-order chi connectivity index (χ0) is 19.1. The maximum atomic E-state index is 13.1. The van der Waals surface area contributed by atoms with Crippen molar-refractivity contribution >= 4 is 16.0 Å². The van der Waals surface area contributed by atoms with Crippen LogP contribution < -0.4 is 4.74 Å². The summed E-state index contributed by atoms with van der Waals surface area (Å²) in [6, 6.07) is 3.49. The maximum absolute atomic E-state index is 13.1. The molecular formula is C15H16F3NO6S. The first-order chi connectivity index (χ1) is 12.1. The Labute approximate surface area is 147 Å². The largest absolute Gasteiger partial charge is 0.481 e. The van der Waals surface area contributed by atoms with Crippen molar-refractivity contribution in [3.8, 4) is 5.75 Å². The van der Waals surface area contributed by atoms with Crippen LogP contribution in [0.3, 0.4) is 0 Å². The highest BCUT2D eigenvalue weighted by molar-refractivity contribution is 7.89. The van der Waals surface area contributed by atoms with Crippen LogP contribution in [0.15, 0.2) is 23.1 Å². The molecule has 0 radical (unpaired) electrons. The summed E-state index contributed by atoms with van der Waals surface area (Å²) < 4.78 is 75.6.